The summed E-state index contributed by atoms with van der Waals surface area (Å²) in [5, 5.41) is 9.89. The van der Waals surface area contributed by atoms with Gasteiger partial charge in [-0.1, -0.05) is 11.8 Å². The van der Waals surface area contributed by atoms with E-state index in [4.69, 9.17) is 9.47 Å². The highest BCUT2D eigenvalue weighted by molar-refractivity contribution is 5.31. The molecule has 1 fully saturated rings. The van der Waals surface area contributed by atoms with Crippen molar-refractivity contribution in [2.45, 2.75) is 57.3 Å². The average molecular weight is 303 g/mol. The van der Waals surface area contributed by atoms with Gasteiger partial charge in [0, 0.05) is 37.6 Å². The van der Waals surface area contributed by atoms with Crippen LogP contribution in [0, 0.1) is 11.8 Å². The van der Waals surface area contributed by atoms with Crippen LogP contribution in [0.3, 0.4) is 0 Å². The summed E-state index contributed by atoms with van der Waals surface area (Å²) in [6.07, 6.45) is 9.58. The molecule has 1 aromatic heterocycles. The third kappa shape index (κ3) is 7.04. The van der Waals surface area contributed by atoms with Crippen molar-refractivity contribution in [3.05, 3.63) is 30.1 Å². The Morgan fingerprint density at radius 1 is 1.41 bits per heavy atom. The van der Waals surface area contributed by atoms with Gasteiger partial charge in [0.05, 0.1) is 6.10 Å². The monoisotopic (exact) mass is 303 g/mol. The van der Waals surface area contributed by atoms with Crippen molar-refractivity contribution in [2.75, 3.05) is 13.2 Å². The molecular formula is C18H25NO3. The van der Waals surface area contributed by atoms with Crippen molar-refractivity contribution < 1.29 is 14.6 Å². The molecule has 4 heteroatoms. The van der Waals surface area contributed by atoms with Gasteiger partial charge in [0.15, 0.2) is 6.29 Å². The van der Waals surface area contributed by atoms with E-state index in [1.54, 1.807) is 12.4 Å². The molecule has 2 atom stereocenters. The van der Waals surface area contributed by atoms with Crippen molar-refractivity contribution in [1.29, 1.82) is 0 Å². The second kappa shape index (κ2) is 10.3. The van der Waals surface area contributed by atoms with Gasteiger partial charge in [-0.05, 0) is 50.7 Å². The maximum atomic E-state index is 9.89. The zero-order chi connectivity index (χ0) is 15.5. The Hall–Kier alpha value is -1.41. The van der Waals surface area contributed by atoms with E-state index in [0.29, 0.717) is 13.0 Å². The second-order valence-electron chi connectivity index (χ2n) is 5.56. The van der Waals surface area contributed by atoms with Gasteiger partial charge in [0.1, 0.15) is 0 Å². The van der Waals surface area contributed by atoms with Crippen LogP contribution in [0.1, 0.15) is 50.5 Å². The van der Waals surface area contributed by atoms with Gasteiger partial charge in [-0.3, -0.25) is 4.98 Å². The van der Waals surface area contributed by atoms with Gasteiger partial charge in [0.25, 0.3) is 0 Å². The number of hydrogen-bond donors (Lipinski definition) is 1. The van der Waals surface area contributed by atoms with Gasteiger partial charge < -0.3 is 14.6 Å². The summed E-state index contributed by atoms with van der Waals surface area (Å²) in [5.74, 6) is 6.01. The van der Waals surface area contributed by atoms with E-state index in [1.807, 2.05) is 12.1 Å². The number of nitrogens with zero attached hydrogens (tertiary/aromatic N) is 1. The van der Waals surface area contributed by atoms with E-state index in [1.165, 1.54) is 6.42 Å². The largest absolute Gasteiger partial charge is 0.392 e. The van der Waals surface area contributed by atoms with Crippen LogP contribution in [0.15, 0.2) is 24.5 Å². The molecule has 0 saturated carbocycles. The molecule has 1 aliphatic rings. The Bertz CT molecular complexity index is 460. The van der Waals surface area contributed by atoms with Crippen LogP contribution >= 0.6 is 0 Å². The van der Waals surface area contributed by atoms with Gasteiger partial charge in [-0.2, -0.15) is 0 Å². The quantitative estimate of drug-likeness (QED) is 0.621. The minimum absolute atomic E-state index is 0.0102. The summed E-state index contributed by atoms with van der Waals surface area (Å²) < 4.78 is 11.2. The Kier molecular flexibility index (Phi) is 7.97. The molecular weight excluding hydrogens is 278 g/mol. The maximum Gasteiger partial charge on any atom is 0.157 e. The number of aromatic nitrogens is 1. The molecule has 0 radical (unpaired) electrons. The zero-order valence-corrected chi connectivity index (χ0v) is 13.0. The standard InChI is InChI=1S/C18H25NO3/c20-17(10-5-7-16-8-6-12-19-15-16)9-1-3-13-21-18-11-2-4-14-22-18/h6,8,12,15,17-18,20H,1-4,9-11,13-14H2/t17-,18-/m1/s1. The van der Waals surface area contributed by atoms with Crippen LogP contribution in [0.2, 0.25) is 0 Å². The highest BCUT2D eigenvalue weighted by Gasteiger charge is 2.13. The molecule has 1 saturated heterocycles. The summed E-state index contributed by atoms with van der Waals surface area (Å²) in [5.41, 5.74) is 0.885. The van der Waals surface area contributed by atoms with Crippen molar-refractivity contribution in [3.8, 4) is 11.8 Å². The minimum atomic E-state index is -0.366. The summed E-state index contributed by atoms with van der Waals surface area (Å²) in [7, 11) is 0. The van der Waals surface area contributed by atoms with Crippen molar-refractivity contribution in [2.24, 2.45) is 0 Å². The number of ether oxygens (including phenoxy) is 2. The minimum Gasteiger partial charge on any atom is -0.392 e. The number of hydrogen-bond acceptors (Lipinski definition) is 4. The molecule has 2 heterocycles. The predicted octanol–water partition coefficient (Wildman–Crippen LogP) is 2.90. The molecule has 1 N–H and O–H groups in total. The normalized spacial score (nSPS) is 19.2. The van der Waals surface area contributed by atoms with Gasteiger partial charge >= 0.3 is 0 Å². The number of aliphatic hydroxyl groups excluding tert-OH is 1. The lowest BCUT2D eigenvalue weighted by atomic mass is 10.1. The van der Waals surface area contributed by atoms with Crippen LogP contribution in [-0.2, 0) is 9.47 Å². The fourth-order valence-corrected chi connectivity index (χ4v) is 2.35. The molecule has 0 unspecified atom stereocenters. The second-order valence-corrected chi connectivity index (χ2v) is 5.56. The third-order valence-electron chi connectivity index (χ3n) is 3.61. The molecule has 1 aromatic rings. The number of pyridine rings is 1. The highest BCUT2D eigenvalue weighted by atomic mass is 16.7. The third-order valence-corrected chi connectivity index (χ3v) is 3.61. The number of aliphatic hydroxyl groups is 1. The summed E-state index contributed by atoms with van der Waals surface area (Å²) >= 11 is 0. The molecule has 4 nitrogen and oxygen atoms in total. The van der Waals surface area contributed by atoms with E-state index >= 15 is 0 Å². The number of rotatable bonds is 7. The fourth-order valence-electron chi connectivity index (χ4n) is 2.35. The van der Waals surface area contributed by atoms with Crippen molar-refractivity contribution in [3.63, 3.8) is 0 Å². The first-order valence-electron chi connectivity index (χ1n) is 8.15. The van der Waals surface area contributed by atoms with E-state index in [2.05, 4.69) is 16.8 Å². The Labute approximate surface area is 132 Å². The van der Waals surface area contributed by atoms with E-state index in [9.17, 15) is 5.11 Å². The van der Waals surface area contributed by atoms with E-state index in [-0.39, 0.29) is 12.4 Å². The zero-order valence-electron chi connectivity index (χ0n) is 13.0. The van der Waals surface area contributed by atoms with Crippen LogP contribution in [0.4, 0.5) is 0 Å². The van der Waals surface area contributed by atoms with Crippen LogP contribution < -0.4 is 0 Å². The Morgan fingerprint density at radius 2 is 2.36 bits per heavy atom. The SMILES string of the molecule is O[C@@H](CC#Cc1cccnc1)CCCCO[C@H]1CCCCO1. The topological polar surface area (TPSA) is 51.6 Å². The molecule has 120 valence electrons. The predicted molar refractivity (Wildman–Crippen MR) is 85.1 cm³/mol. The summed E-state index contributed by atoms with van der Waals surface area (Å²) in [6, 6.07) is 3.77. The van der Waals surface area contributed by atoms with Crippen molar-refractivity contribution in [1.82, 2.24) is 4.98 Å². The van der Waals surface area contributed by atoms with Crippen LogP contribution in [0.25, 0.3) is 0 Å². The Balaban J connectivity index is 1.50. The molecule has 2 rings (SSSR count). The molecule has 0 spiro atoms. The molecule has 0 aromatic carbocycles. The first-order valence-corrected chi connectivity index (χ1v) is 8.15. The van der Waals surface area contributed by atoms with Crippen molar-refractivity contribution >= 4 is 0 Å². The first kappa shape index (κ1) is 17.0. The lowest BCUT2D eigenvalue weighted by molar-refractivity contribution is -0.162. The van der Waals surface area contributed by atoms with Gasteiger partial charge in [-0.25, -0.2) is 0 Å². The van der Waals surface area contributed by atoms with E-state index < -0.39 is 0 Å². The average Bonchev–Trinajstić information content (AvgIpc) is 2.56. The maximum absolute atomic E-state index is 9.89. The lowest BCUT2D eigenvalue weighted by Crippen LogP contribution is -2.22. The van der Waals surface area contributed by atoms with E-state index in [0.717, 1.165) is 44.3 Å². The van der Waals surface area contributed by atoms with Gasteiger partial charge in [0.2, 0.25) is 0 Å². The fraction of sp³-hybridized carbons (Fsp3) is 0.611. The summed E-state index contributed by atoms with van der Waals surface area (Å²) in [6.45, 7) is 1.53. The molecule has 0 aliphatic carbocycles. The highest BCUT2D eigenvalue weighted by Crippen LogP contribution is 2.14. The smallest absolute Gasteiger partial charge is 0.157 e. The molecule has 22 heavy (non-hydrogen) atoms. The van der Waals surface area contributed by atoms with Gasteiger partial charge in [-0.15, -0.1) is 0 Å². The molecule has 1 aliphatic heterocycles. The lowest BCUT2D eigenvalue weighted by Gasteiger charge is -2.22. The Morgan fingerprint density at radius 3 is 3.14 bits per heavy atom. The molecule has 0 amide bonds. The van der Waals surface area contributed by atoms with Crippen LogP contribution in [-0.4, -0.2) is 35.7 Å². The van der Waals surface area contributed by atoms with Crippen LogP contribution in [0.5, 0.6) is 0 Å². The first-order chi connectivity index (χ1) is 10.8. The summed E-state index contributed by atoms with van der Waals surface area (Å²) in [4.78, 5) is 4.00. The number of unbranched alkanes of at least 4 members (excludes halogenated alkanes) is 1. The molecule has 0 bridgehead atoms.